The molecular weight excluding hydrogens is 585 g/mol. The van der Waals surface area contributed by atoms with Gasteiger partial charge in [-0.2, -0.15) is 53.6 Å². The zero-order valence-electron chi connectivity index (χ0n) is 15.0. The van der Waals surface area contributed by atoms with Gasteiger partial charge in [-0.1, -0.05) is 30.4 Å². The second-order valence-corrected chi connectivity index (χ2v) is 8.08. The third-order valence-corrected chi connectivity index (χ3v) is 5.44. The van der Waals surface area contributed by atoms with Crippen LogP contribution in [0.3, 0.4) is 0 Å². The van der Waals surface area contributed by atoms with Gasteiger partial charge in [-0.25, -0.2) is 4.39 Å². The molecule has 0 saturated carbocycles. The molecule has 0 N–H and O–H groups in total. The standard InChI is InChI=1S/C18H8F12IN/c19-14(20,16(22,23)24)10-5-11(31)7-13(6-10,12-4-2-1-3-9(12)8-32)15(21,17(25,26)27)18(28,29)30/h1-4,6-7H,5H2. The summed E-state index contributed by atoms with van der Waals surface area (Å²) in [5, 5.41) is 9.15. The fourth-order valence-corrected chi connectivity index (χ4v) is 4.24. The zero-order chi connectivity index (χ0) is 25.0. The Kier molecular flexibility index (Phi) is 6.45. The van der Waals surface area contributed by atoms with E-state index in [4.69, 9.17) is 5.26 Å². The van der Waals surface area contributed by atoms with E-state index in [0.29, 0.717) is 12.1 Å². The van der Waals surface area contributed by atoms with E-state index in [1.54, 1.807) is 0 Å². The predicted octanol–water partition coefficient (Wildman–Crippen LogP) is 7.48. The molecule has 14 heteroatoms. The molecular formula is C18H8F12IN. The summed E-state index contributed by atoms with van der Waals surface area (Å²) >= 11 is 0.948. The molecule has 1 nitrogen and oxygen atoms in total. The van der Waals surface area contributed by atoms with E-state index in [2.05, 4.69) is 0 Å². The van der Waals surface area contributed by atoms with Gasteiger partial charge in [-0.3, -0.25) is 0 Å². The van der Waals surface area contributed by atoms with Gasteiger partial charge in [0.15, 0.2) is 0 Å². The van der Waals surface area contributed by atoms with Crippen LogP contribution in [0.1, 0.15) is 17.5 Å². The molecule has 0 saturated heterocycles. The van der Waals surface area contributed by atoms with Crippen LogP contribution >= 0.6 is 22.6 Å². The predicted molar refractivity (Wildman–Crippen MR) is 94.6 cm³/mol. The number of alkyl halides is 12. The van der Waals surface area contributed by atoms with Crippen molar-refractivity contribution >= 4 is 22.6 Å². The molecule has 176 valence electrons. The Hall–Kier alpha value is -1.92. The zero-order valence-corrected chi connectivity index (χ0v) is 17.2. The van der Waals surface area contributed by atoms with Gasteiger partial charge in [0.05, 0.1) is 17.0 Å². The van der Waals surface area contributed by atoms with Gasteiger partial charge in [0.25, 0.3) is 0 Å². The first-order chi connectivity index (χ1) is 14.3. The van der Waals surface area contributed by atoms with Gasteiger partial charge in [-0.05, 0) is 37.8 Å². The maximum absolute atomic E-state index is 15.4. The van der Waals surface area contributed by atoms with E-state index in [9.17, 15) is 48.3 Å². The van der Waals surface area contributed by atoms with Crippen LogP contribution in [0.15, 0.2) is 45.6 Å². The summed E-state index contributed by atoms with van der Waals surface area (Å²) in [5.74, 6) is -5.89. The third kappa shape index (κ3) is 3.86. The highest BCUT2D eigenvalue weighted by Crippen LogP contribution is 2.62. The lowest BCUT2D eigenvalue weighted by Gasteiger charge is -2.46. The summed E-state index contributed by atoms with van der Waals surface area (Å²) in [6.07, 6.45) is -22.2. The van der Waals surface area contributed by atoms with Crippen molar-refractivity contribution in [2.75, 3.05) is 0 Å². The number of halogens is 13. The monoisotopic (exact) mass is 593 g/mol. The van der Waals surface area contributed by atoms with E-state index in [1.165, 1.54) is 6.07 Å². The Morgan fingerprint density at radius 1 is 0.781 bits per heavy atom. The molecule has 0 heterocycles. The number of nitrogens with zero attached hydrogens (tertiary/aromatic N) is 1. The maximum Gasteiger partial charge on any atom is 0.457 e. The number of nitriles is 1. The molecule has 1 aromatic rings. The molecule has 1 atom stereocenters. The first-order valence-electron chi connectivity index (χ1n) is 8.12. The van der Waals surface area contributed by atoms with Crippen LogP contribution in [0, 0.1) is 11.3 Å². The summed E-state index contributed by atoms with van der Waals surface area (Å²) < 4.78 is 163. The van der Waals surface area contributed by atoms with Gasteiger partial charge in [0, 0.05) is 12.0 Å². The Labute approximate surface area is 185 Å². The fourth-order valence-electron chi connectivity index (χ4n) is 3.34. The summed E-state index contributed by atoms with van der Waals surface area (Å²) in [6.45, 7) is 0. The lowest BCUT2D eigenvalue weighted by Crippen LogP contribution is -2.65. The lowest BCUT2D eigenvalue weighted by atomic mass is 9.63. The van der Waals surface area contributed by atoms with Crippen molar-refractivity contribution < 1.29 is 52.7 Å². The number of benzene rings is 1. The van der Waals surface area contributed by atoms with Crippen molar-refractivity contribution in [3.05, 3.63) is 56.7 Å². The van der Waals surface area contributed by atoms with E-state index in [0.717, 1.165) is 34.7 Å². The van der Waals surface area contributed by atoms with Gasteiger partial charge >= 0.3 is 30.1 Å². The molecule has 1 aliphatic carbocycles. The second kappa shape index (κ2) is 7.84. The average molecular weight is 593 g/mol. The highest BCUT2D eigenvalue weighted by Gasteiger charge is 2.81. The summed E-state index contributed by atoms with van der Waals surface area (Å²) in [7, 11) is 0. The molecule has 0 aromatic heterocycles. The summed E-state index contributed by atoms with van der Waals surface area (Å²) in [4.78, 5) is 0. The van der Waals surface area contributed by atoms with Crippen LogP contribution in [0.25, 0.3) is 0 Å². The average Bonchev–Trinajstić information content (AvgIpc) is 2.63. The van der Waals surface area contributed by atoms with Crippen molar-refractivity contribution in [2.45, 2.75) is 42.0 Å². The Morgan fingerprint density at radius 3 is 1.72 bits per heavy atom. The number of rotatable bonds is 3. The molecule has 2 rings (SSSR count). The van der Waals surface area contributed by atoms with Crippen molar-refractivity contribution in [3.63, 3.8) is 0 Å². The van der Waals surface area contributed by atoms with Crippen LogP contribution < -0.4 is 0 Å². The molecule has 32 heavy (non-hydrogen) atoms. The minimum Gasteiger partial charge on any atom is -0.222 e. The van der Waals surface area contributed by atoms with Crippen LogP contribution in [0.2, 0.25) is 0 Å². The van der Waals surface area contributed by atoms with Crippen molar-refractivity contribution in [2.24, 2.45) is 0 Å². The van der Waals surface area contributed by atoms with Crippen LogP contribution in [-0.2, 0) is 5.41 Å². The lowest BCUT2D eigenvalue weighted by molar-refractivity contribution is -0.354. The van der Waals surface area contributed by atoms with Crippen LogP contribution in [-0.4, -0.2) is 30.1 Å². The van der Waals surface area contributed by atoms with Crippen molar-refractivity contribution in [1.82, 2.24) is 0 Å². The number of hydrogen-bond donors (Lipinski definition) is 0. The van der Waals surface area contributed by atoms with Gasteiger partial charge < -0.3 is 0 Å². The largest absolute Gasteiger partial charge is 0.457 e. The molecule has 1 unspecified atom stereocenters. The molecule has 0 amide bonds. The molecule has 1 aromatic carbocycles. The van der Waals surface area contributed by atoms with Crippen LogP contribution in [0.4, 0.5) is 52.7 Å². The molecule has 0 fully saturated rings. The maximum atomic E-state index is 15.4. The normalized spacial score (nSPS) is 21.0. The number of hydrogen-bond acceptors (Lipinski definition) is 1. The van der Waals surface area contributed by atoms with E-state index in [-0.39, 0.29) is 6.08 Å². The van der Waals surface area contributed by atoms with Crippen molar-refractivity contribution in [3.8, 4) is 6.07 Å². The summed E-state index contributed by atoms with van der Waals surface area (Å²) in [5.41, 5.74) is -15.3. The Morgan fingerprint density at radius 2 is 1.28 bits per heavy atom. The number of allylic oxidation sites excluding steroid dienone is 4. The smallest absolute Gasteiger partial charge is 0.222 e. The highest BCUT2D eigenvalue weighted by molar-refractivity contribution is 14.1. The molecule has 0 radical (unpaired) electrons. The minimum absolute atomic E-state index is 0.0271. The van der Waals surface area contributed by atoms with Crippen molar-refractivity contribution in [1.29, 1.82) is 5.26 Å². The van der Waals surface area contributed by atoms with E-state index < -0.39 is 68.3 Å². The summed E-state index contributed by atoms with van der Waals surface area (Å²) in [6, 6.07) is 4.08. The Bertz CT molecular complexity index is 979. The molecule has 0 bridgehead atoms. The first-order valence-corrected chi connectivity index (χ1v) is 9.20. The topological polar surface area (TPSA) is 23.8 Å². The van der Waals surface area contributed by atoms with Gasteiger partial charge in [0.1, 0.15) is 0 Å². The Balaban J connectivity index is 3.15. The SMILES string of the molecule is N#Cc1ccccc1C1(C(F)(C(F)(F)F)C(F)(F)F)C=C(I)CC(C(F)(F)C(F)(F)F)=C1. The third-order valence-electron chi connectivity index (χ3n) is 4.75. The molecule has 0 spiro atoms. The van der Waals surface area contributed by atoms with Gasteiger partial charge in [0.2, 0.25) is 0 Å². The minimum atomic E-state index is -6.84. The van der Waals surface area contributed by atoms with E-state index >= 15 is 4.39 Å². The first kappa shape index (κ1) is 26.3. The quantitative estimate of drug-likeness (QED) is 0.203. The fraction of sp³-hybridized carbons (Fsp3) is 0.389. The van der Waals surface area contributed by atoms with Gasteiger partial charge in [-0.15, -0.1) is 0 Å². The van der Waals surface area contributed by atoms with Crippen LogP contribution in [0.5, 0.6) is 0 Å². The van der Waals surface area contributed by atoms with E-state index in [1.807, 2.05) is 0 Å². The molecule has 1 aliphatic rings. The highest BCUT2D eigenvalue weighted by atomic mass is 127. The molecule has 0 aliphatic heterocycles. The second-order valence-electron chi connectivity index (χ2n) is 6.69.